The lowest BCUT2D eigenvalue weighted by atomic mass is 9.38. The average Bonchev–Trinajstić information content (AvgIpc) is 3.43. The lowest BCUT2D eigenvalue weighted by molar-refractivity contribution is -0.0820. The third kappa shape index (κ3) is 1.34. The maximum Gasteiger partial charge on any atom is 0.0471 e. The summed E-state index contributed by atoms with van der Waals surface area (Å²) in [6.07, 6.45) is 7.56. The summed E-state index contributed by atoms with van der Waals surface area (Å²) in [5.41, 5.74) is 9.98. The molecule has 1 heterocycles. The molecule has 4 atom stereocenters. The van der Waals surface area contributed by atoms with Crippen LogP contribution in [0.4, 0.5) is 0 Å². The zero-order chi connectivity index (χ0) is 19.2. The van der Waals surface area contributed by atoms with Gasteiger partial charge in [0.05, 0.1) is 0 Å². The Bertz CT molecular complexity index is 1400. The van der Waals surface area contributed by atoms with Crippen molar-refractivity contribution in [3.8, 4) is 11.1 Å². The number of fused-ring (bicyclic) bond motifs is 13. The molecule has 1 nitrogen and oxygen atoms in total. The van der Waals surface area contributed by atoms with Crippen molar-refractivity contribution in [3.63, 3.8) is 0 Å². The number of rotatable bonds is 0. The molecule has 9 rings (SSSR count). The number of H-pyrrole nitrogens is 1. The molecule has 0 saturated heterocycles. The number of hydrogen-bond acceptors (Lipinski definition) is 0. The first-order valence-electron chi connectivity index (χ1n) is 11.9. The van der Waals surface area contributed by atoms with Gasteiger partial charge >= 0.3 is 0 Å². The maximum absolute atomic E-state index is 3.71. The Hall–Kier alpha value is -2.54. The molecule has 4 unspecified atom stereocenters. The van der Waals surface area contributed by atoms with Crippen molar-refractivity contribution in [3.05, 3.63) is 71.8 Å². The fourth-order valence-electron chi connectivity index (χ4n) is 10.1. The molecule has 5 aliphatic rings. The number of benzene rings is 3. The lowest BCUT2D eigenvalue weighted by Gasteiger charge is -2.64. The van der Waals surface area contributed by atoms with E-state index in [9.17, 15) is 0 Å². The standard InChI is InChI=1S/C29H25N/c1-3-7-20-18(5-1)26-21(9-10-23-27(26)19-6-2-4-8-22(19)30-23)29(20)24-12-16-11-17-13-25(29)28(24,14-16)15-17/h1-10,16-17,24-25,30H,11-15H2. The Morgan fingerprint density at radius 3 is 2.33 bits per heavy atom. The van der Waals surface area contributed by atoms with Crippen LogP contribution < -0.4 is 0 Å². The molecular formula is C29H25N. The van der Waals surface area contributed by atoms with Crippen molar-refractivity contribution in [2.24, 2.45) is 29.1 Å². The van der Waals surface area contributed by atoms with E-state index in [1.54, 1.807) is 16.7 Å². The molecule has 4 aromatic rings. The fourth-order valence-corrected chi connectivity index (χ4v) is 10.1. The monoisotopic (exact) mass is 387 g/mol. The zero-order valence-corrected chi connectivity index (χ0v) is 17.1. The summed E-state index contributed by atoms with van der Waals surface area (Å²) in [6, 6.07) is 23.3. The Labute approximate surface area is 176 Å². The van der Waals surface area contributed by atoms with Crippen molar-refractivity contribution < 1.29 is 0 Å². The molecule has 3 aromatic carbocycles. The van der Waals surface area contributed by atoms with Crippen LogP contribution in [0.3, 0.4) is 0 Å². The van der Waals surface area contributed by atoms with E-state index in [1.807, 2.05) is 0 Å². The minimum absolute atomic E-state index is 0.294. The van der Waals surface area contributed by atoms with Gasteiger partial charge in [-0.1, -0.05) is 48.5 Å². The van der Waals surface area contributed by atoms with Gasteiger partial charge in [0.15, 0.2) is 0 Å². The number of aromatic amines is 1. The van der Waals surface area contributed by atoms with Crippen molar-refractivity contribution in [1.29, 1.82) is 0 Å². The van der Waals surface area contributed by atoms with Gasteiger partial charge in [-0.05, 0) is 95.6 Å². The van der Waals surface area contributed by atoms with E-state index < -0.39 is 0 Å². The molecule has 4 fully saturated rings. The summed E-state index contributed by atoms with van der Waals surface area (Å²) in [6.45, 7) is 0. The maximum atomic E-state index is 3.71. The summed E-state index contributed by atoms with van der Waals surface area (Å²) >= 11 is 0. The minimum Gasteiger partial charge on any atom is -0.354 e. The fraction of sp³-hybridized carbons (Fsp3) is 0.379. The van der Waals surface area contributed by atoms with Gasteiger partial charge in [0.2, 0.25) is 0 Å². The molecule has 0 radical (unpaired) electrons. The van der Waals surface area contributed by atoms with E-state index in [-0.39, 0.29) is 0 Å². The highest BCUT2D eigenvalue weighted by Crippen LogP contribution is 2.85. The Kier molecular flexibility index (Phi) is 2.31. The number of para-hydroxylation sites is 1. The van der Waals surface area contributed by atoms with Crippen LogP contribution in [0.5, 0.6) is 0 Å². The zero-order valence-electron chi connectivity index (χ0n) is 17.1. The second-order valence-electron chi connectivity index (χ2n) is 11.2. The number of hydrogen-bond donors (Lipinski definition) is 1. The predicted molar refractivity (Wildman–Crippen MR) is 121 cm³/mol. The van der Waals surface area contributed by atoms with Crippen LogP contribution in [0.1, 0.15) is 43.2 Å². The van der Waals surface area contributed by atoms with Crippen molar-refractivity contribution in [1.82, 2.24) is 4.98 Å². The summed E-state index contributed by atoms with van der Waals surface area (Å²) in [7, 11) is 0. The van der Waals surface area contributed by atoms with Crippen LogP contribution in [-0.2, 0) is 5.41 Å². The van der Waals surface area contributed by atoms with Gasteiger partial charge < -0.3 is 4.98 Å². The van der Waals surface area contributed by atoms with E-state index in [0.717, 1.165) is 23.7 Å². The molecule has 5 aliphatic carbocycles. The second-order valence-corrected chi connectivity index (χ2v) is 11.2. The summed E-state index contributed by atoms with van der Waals surface area (Å²) < 4.78 is 0. The molecule has 0 aliphatic heterocycles. The molecule has 146 valence electrons. The molecule has 4 saturated carbocycles. The van der Waals surface area contributed by atoms with Crippen LogP contribution in [0, 0.1) is 29.1 Å². The normalized spacial score (nSPS) is 38.9. The number of aromatic nitrogens is 1. The van der Waals surface area contributed by atoms with Gasteiger partial charge in [-0.3, -0.25) is 0 Å². The van der Waals surface area contributed by atoms with Gasteiger partial charge in [-0.15, -0.1) is 0 Å². The summed E-state index contributed by atoms with van der Waals surface area (Å²) in [4.78, 5) is 3.71. The van der Waals surface area contributed by atoms with Gasteiger partial charge in [0, 0.05) is 27.2 Å². The molecule has 2 spiro atoms. The lowest BCUT2D eigenvalue weighted by Crippen LogP contribution is -2.62. The van der Waals surface area contributed by atoms with Crippen molar-refractivity contribution in [2.75, 3.05) is 0 Å². The topological polar surface area (TPSA) is 15.8 Å². The average molecular weight is 388 g/mol. The van der Waals surface area contributed by atoms with Gasteiger partial charge in [-0.2, -0.15) is 0 Å². The Morgan fingerprint density at radius 2 is 1.47 bits per heavy atom. The summed E-state index contributed by atoms with van der Waals surface area (Å²) in [5, 5.41) is 2.86. The molecule has 1 heteroatoms. The molecular weight excluding hydrogens is 362 g/mol. The van der Waals surface area contributed by atoms with E-state index in [2.05, 4.69) is 65.6 Å². The smallest absolute Gasteiger partial charge is 0.0471 e. The molecule has 1 aromatic heterocycles. The quantitative estimate of drug-likeness (QED) is 0.333. The van der Waals surface area contributed by atoms with Gasteiger partial charge in [0.25, 0.3) is 0 Å². The third-order valence-corrected chi connectivity index (χ3v) is 10.4. The van der Waals surface area contributed by atoms with Crippen LogP contribution in [0.25, 0.3) is 32.9 Å². The van der Waals surface area contributed by atoms with E-state index in [4.69, 9.17) is 0 Å². The van der Waals surface area contributed by atoms with E-state index in [1.165, 1.54) is 59.5 Å². The van der Waals surface area contributed by atoms with Gasteiger partial charge in [0.1, 0.15) is 0 Å². The van der Waals surface area contributed by atoms with Crippen molar-refractivity contribution >= 4 is 21.8 Å². The first kappa shape index (κ1) is 15.3. The first-order valence-corrected chi connectivity index (χ1v) is 11.9. The third-order valence-electron chi connectivity index (χ3n) is 10.4. The summed E-state index contributed by atoms with van der Waals surface area (Å²) in [5.74, 6) is 3.76. The van der Waals surface area contributed by atoms with Crippen molar-refractivity contribution in [2.45, 2.75) is 37.5 Å². The van der Waals surface area contributed by atoms with Crippen LogP contribution >= 0.6 is 0 Å². The highest BCUT2D eigenvalue weighted by atomic mass is 14.8. The molecule has 1 N–H and O–H groups in total. The van der Waals surface area contributed by atoms with E-state index in [0.29, 0.717) is 10.8 Å². The van der Waals surface area contributed by atoms with Crippen LogP contribution in [-0.4, -0.2) is 4.98 Å². The Morgan fingerprint density at radius 1 is 0.700 bits per heavy atom. The van der Waals surface area contributed by atoms with E-state index >= 15 is 0 Å². The SMILES string of the molecule is c1ccc2c(c1)-c1c(ccc3[nH]c4ccccc4c13)C21C2CC3CC4CC1C2(C3)C4. The molecule has 30 heavy (non-hydrogen) atoms. The molecule has 0 amide bonds. The van der Waals surface area contributed by atoms with Gasteiger partial charge in [-0.25, -0.2) is 0 Å². The Balaban J connectivity index is 1.44. The highest BCUT2D eigenvalue weighted by molar-refractivity contribution is 6.16. The largest absolute Gasteiger partial charge is 0.354 e. The molecule has 3 bridgehead atoms. The highest BCUT2D eigenvalue weighted by Gasteiger charge is 2.79. The number of nitrogens with one attached hydrogen (secondary N) is 1. The first-order chi connectivity index (χ1) is 14.8. The second kappa shape index (κ2) is 4.54. The van der Waals surface area contributed by atoms with Crippen LogP contribution in [0.2, 0.25) is 0 Å². The minimum atomic E-state index is 0.294. The van der Waals surface area contributed by atoms with Crippen LogP contribution in [0.15, 0.2) is 60.7 Å². The predicted octanol–water partition coefficient (Wildman–Crippen LogP) is 7.04.